The highest BCUT2D eigenvalue weighted by Crippen LogP contribution is 2.19. The summed E-state index contributed by atoms with van der Waals surface area (Å²) in [6.07, 6.45) is 2.75. The van der Waals surface area contributed by atoms with Crippen molar-refractivity contribution in [3.63, 3.8) is 0 Å². The lowest BCUT2D eigenvalue weighted by atomic mass is 10.0. The van der Waals surface area contributed by atoms with Crippen LogP contribution in [0, 0.1) is 5.92 Å². The first-order valence-corrected chi connectivity index (χ1v) is 5.80. The standard InChI is InChI=1S/C12H17NO4/c1-8-9(2-4-16-8)6-13-7-10-3-5-17-11(10)12(14)15/h3,5,8-9,13H,2,4,6-7H2,1H3,(H,14,15). The third-order valence-corrected chi connectivity index (χ3v) is 3.20. The molecule has 0 saturated carbocycles. The minimum absolute atomic E-state index is 0.0215. The summed E-state index contributed by atoms with van der Waals surface area (Å²) < 4.78 is 10.4. The molecule has 0 aliphatic carbocycles. The van der Waals surface area contributed by atoms with Crippen LogP contribution in [0.5, 0.6) is 0 Å². The van der Waals surface area contributed by atoms with E-state index >= 15 is 0 Å². The lowest BCUT2D eigenvalue weighted by Gasteiger charge is -2.14. The van der Waals surface area contributed by atoms with Gasteiger partial charge in [-0.25, -0.2) is 4.79 Å². The summed E-state index contributed by atoms with van der Waals surface area (Å²) in [6, 6.07) is 1.69. The summed E-state index contributed by atoms with van der Waals surface area (Å²) in [5, 5.41) is 12.1. The van der Waals surface area contributed by atoms with Crippen molar-refractivity contribution in [1.29, 1.82) is 0 Å². The molecule has 0 bridgehead atoms. The van der Waals surface area contributed by atoms with Crippen LogP contribution in [0.4, 0.5) is 0 Å². The van der Waals surface area contributed by atoms with E-state index in [0.29, 0.717) is 18.0 Å². The van der Waals surface area contributed by atoms with Gasteiger partial charge in [0.15, 0.2) is 0 Å². The molecule has 5 heteroatoms. The van der Waals surface area contributed by atoms with Crippen LogP contribution < -0.4 is 5.32 Å². The molecule has 17 heavy (non-hydrogen) atoms. The summed E-state index contributed by atoms with van der Waals surface area (Å²) in [7, 11) is 0. The molecule has 0 spiro atoms. The predicted molar refractivity (Wildman–Crippen MR) is 60.9 cm³/mol. The second-order valence-corrected chi connectivity index (χ2v) is 4.34. The zero-order valence-electron chi connectivity index (χ0n) is 9.81. The van der Waals surface area contributed by atoms with Gasteiger partial charge in [-0.2, -0.15) is 0 Å². The van der Waals surface area contributed by atoms with Crippen LogP contribution in [0.1, 0.15) is 29.5 Å². The quantitative estimate of drug-likeness (QED) is 0.814. The number of hydrogen-bond acceptors (Lipinski definition) is 4. The first-order valence-electron chi connectivity index (χ1n) is 5.80. The molecule has 2 rings (SSSR count). The van der Waals surface area contributed by atoms with Crippen LogP contribution in [0.2, 0.25) is 0 Å². The number of furan rings is 1. The van der Waals surface area contributed by atoms with Crippen molar-refractivity contribution in [2.75, 3.05) is 13.2 Å². The van der Waals surface area contributed by atoms with Crippen LogP contribution >= 0.6 is 0 Å². The molecule has 0 aromatic carbocycles. The molecule has 2 N–H and O–H groups in total. The molecule has 5 nitrogen and oxygen atoms in total. The smallest absolute Gasteiger partial charge is 0.372 e. The van der Waals surface area contributed by atoms with Gasteiger partial charge in [-0.05, 0) is 25.3 Å². The number of ether oxygens (including phenoxy) is 1. The molecule has 1 fully saturated rings. The fraction of sp³-hybridized carbons (Fsp3) is 0.583. The molecule has 1 aliphatic heterocycles. The number of nitrogens with one attached hydrogen (secondary N) is 1. The van der Waals surface area contributed by atoms with Gasteiger partial charge in [0.2, 0.25) is 5.76 Å². The lowest BCUT2D eigenvalue weighted by Crippen LogP contribution is -2.27. The van der Waals surface area contributed by atoms with Crippen molar-refractivity contribution in [3.8, 4) is 0 Å². The monoisotopic (exact) mass is 239 g/mol. The summed E-state index contributed by atoms with van der Waals surface area (Å²) in [4.78, 5) is 10.8. The van der Waals surface area contributed by atoms with Gasteiger partial charge in [-0.1, -0.05) is 0 Å². The maximum Gasteiger partial charge on any atom is 0.372 e. The van der Waals surface area contributed by atoms with Crippen molar-refractivity contribution in [2.45, 2.75) is 26.0 Å². The molecule has 0 radical (unpaired) electrons. The highest BCUT2D eigenvalue weighted by molar-refractivity contribution is 5.86. The van der Waals surface area contributed by atoms with Crippen molar-refractivity contribution in [3.05, 3.63) is 23.7 Å². The maximum absolute atomic E-state index is 10.8. The average molecular weight is 239 g/mol. The van der Waals surface area contributed by atoms with Gasteiger partial charge >= 0.3 is 5.97 Å². The van der Waals surface area contributed by atoms with Crippen LogP contribution in [0.15, 0.2) is 16.7 Å². The highest BCUT2D eigenvalue weighted by atomic mass is 16.5. The van der Waals surface area contributed by atoms with E-state index < -0.39 is 5.97 Å². The Morgan fingerprint density at radius 2 is 2.47 bits per heavy atom. The number of carbonyl (C=O) groups is 1. The van der Waals surface area contributed by atoms with Crippen molar-refractivity contribution < 1.29 is 19.1 Å². The first kappa shape index (κ1) is 12.1. The fourth-order valence-corrected chi connectivity index (χ4v) is 2.10. The average Bonchev–Trinajstić information content (AvgIpc) is 2.88. The van der Waals surface area contributed by atoms with Crippen molar-refractivity contribution in [1.82, 2.24) is 5.32 Å². The van der Waals surface area contributed by atoms with E-state index in [2.05, 4.69) is 12.2 Å². The summed E-state index contributed by atoms with van der Waals surface area (Å²) >= 11 is 0. The van der Waals surface area contributed by atoms with Crippen LogP contribution in [0.25, 0.3) is 0 Å². The Balaban J connectivity index is 1.81. The zero-order chi connectivity index (χ0) is 12.3. The van der Waals surface area contributed by atoms with Crippen LogP contribution in [0.3, 0.4) is 0 Å². The molecule has 2 atom stereocenters. The molecule has 2 heterocycles. The van der Waals surface area contributed by atoms with E-state index in [1.165, 1.54) is 6.26 Å². The highest BCUT2D eigenvalue weighted by Gasteiger charge is 2.23. The largest absolute Gasteiger partial charge is 0.475 e. The fourth-order valence-electron chi connectivity index (χ4n) is 2.10. The van der Waals surface area contributed by atoms with Crippen molar-refractivity contribution >= 4 is 5.97 Å². The Bertz CT molecular complexity index is 388. The van der Waals surface area contributed by atoms with E-state index in [9.17, 15) is 4.79 Å². The van der Waals surface area contributed by atoms with Gasteiger partial charge < -0.3 is 19.6 Å². The van der Waals surface area contributed by atoms with Crippen LogP contribution in [-0.2, 0) is 11.3 Å². The van der Waals surface area contributed by atoms with Gasteiger partial charge in [-0.15, -0.1) is 0 Å². The van der Waals surface area contributed by atoms with Crippen LogP contribution in [-0.4, -0.2) is 30.3 Å². The SMILES string of the molecule is CC1OCCC1CNCc1ccoc1C(=O)O. The zero-order valence-corrected chi connectivity index (χ0v) is 9.81. The van der Waals surface area contributed by atoms with Gasteiger partial charge in [0.25, 0.3) is 0 Å². The lowest BCUT2D eigenvalue weighted by molar-refractivity contribution is 0.0660. The number of hydrogen-bond donors (Lipinski definition) is 2. The number of aromatic carboxylic acids is 1. The minimum Gasteiger partial charge on any atom is -0.475 e. The van der Waals surface area contributed by atoms with E-state index in [-0.39, 0.29) is 11.9 Å². The van der Waals surface area contributed by atoms with Crippen molar-refractivity contribution in [2.24, 2.45) is 5.92 Å². The maximum atomic E-state index is 10.8. The summed E-state index contributed by atoms with van der Waals surface area (Å²) in [6.45, 7) is 4.24. The van der Waals surface area contributed by atoms with Gasteiger partial charge in [0, 0.05) is 25.3 Å². The molecule has 1 aromatic rings. The summed E-state index contributed by atoms with van der Waals surface area (Å²) in [5.74, 6) is -0.493. The molecule has 1 saturated heterocycles. The molecular formula is C12H17NO4. The second-order valence-electron chi connectivity index (χ2n) is 4.34. The third kappa shape index (κ3) is 2.87. The van der Waals surface area contributed by atoms with Gasteiger partial charge in [0.05, 0.1) is 12.4 Å². The van der Waals surface area contributed by atoms with E-state index in [4.69, 9.17) is 14.3 Å². The number of carboxylic acid groups (broad SMARTS) is 1. The third-order valence-electron chi connectivity index (χ3n) is 3.20. The Labute approximate surface area is 99.8 Å². The summed E-state index contributed by atoms with van der Waals surface area (Å²) in [5.41, 5.74) is 0.684. The predicted octanol–water partition coefficient (Wildman–Crippen LogP) is 1.49. The Morgan fingerprint density at radius 3 is 3.12 bits per heavy atom. The Morgan fingerprint density at radius 1 is 1.65 bits per heavy atom. The molecule has 1 aromatic heterocycles. The second kappa shape index (κ2) is 5.33. The molecule has 0 amide bonds. The van der Waals surface area contributed by atoms with Gasteiger partial charge in [-0.3, -0.25) is 0 Å². The van der Waals surface area contributed by atoms with Gasteiger partial charge in [0.1, 0.15) is 0 Å². The Hall–Kier alpha value is -1.33. The first-order chi connectivity index (χ1) is 8.18. The van der Waals surface area contributed by atoms with E-state index in [1.807, 2.05) is 0 Å². The topological polar surface area (TPSA) is 71.7 Å². The Kier molecular flexibility index (Phi) is 3.81. The molecule has 1 aliphatic rings. The number of rotatable bonds is 5. The molecule has 94 valence electrons. The van der Waals surface area contributed by atoms with E-state index in [0.717, 1.165) is 19.6 Å². The van der Waals surface area contributed by atoms with E-state index in [1.54, 1.807) is 6.07 Å². The molecule has 2 unspecified atom stereocenters. The minimum atomic E-state index is -1.02. The molecular weight excluding hydrogens is 222 g/mol. The number of carboxylic acids is 1. The normalized spacial score (nSPS) is 24.1.